The van der Waals surface area contributed by atoms with E-state index in [-0.39, 0.29) is 5.57 Å². The summed E-state index contributed by atoms with van der Waals surface area (Å²) in [5, 5.41) is 13.0. The Bertz CT molecular complexity index is 528. The van der Waals surface area contributed by atoms with E-state index in [0.29, 0.717) is 5.70 Å². The molecule has 19 heavy (non-hydrogen) atoms. The topological polar surface area (TPSA) is 61.7 Å². The Balaban J connectivity index is 2.78. The first-order chi connectivity index (χ1) is 9.15. The molecule has 0 aliphatic heterocycles. The number of benzene rings is 1. The second kappa shape index (κ2) is 7.66. The highest BCUT2D eigenvalue weighted by molar-refractivity contribution is 5.90. The molecule has 0 saturated heterocycles. The molecular formula is C15H16N2O2. The third kappa shape index (κ3) is 5.04. The first-order valence-electron chi connectivity index (χ1n) is 5.72. The molecule has 0 saturated carbocycles. The van der Waals surface area contributed by atoms with Gasteiger partial charge in [0, 0.05) is 5.70 Å². The Hall–Kier alpha value is -2.62. The van der Waals surface area contributed by atoms with Crippen molar-refractivity contribution < 1.29 is 9.90 Å². The Morgan fingerprint density at radius 3 is 2.63 bits per heavy atom. The molecule has 4 heteroatoms. The lowest BCUT2D eigenvalue weighted by Crippen LogP contribution is -2.10. The van der Waals surface area contributed by atoms with E-state index in [2.05, 4.69) is 17.1 Å². The minimum absolute atomic E-state index is 0.144. The van der Waals surface area contributed by atoms with Crippen molar-refractivity contribution in [2.45, 2.75) is 6.92 Å². The largest absolute Gasteiger partial charge is 0.478 e. The van der Waals surface area contributed by atoms with Gasteiger partial charge in [-0.05, 0) is 18.6 Å². The number of rotatable bonds is 6. The van der Waals surface area contributed by atoms with Gasteiger partial charge in [0.15, 0.2) is 0 Å². The van der Waals surface area contributed by atoms with Gasteiger partial charge in [-0.1, -0.05) is 49.1 Å². The van der Waals surface area contributed by atoms with Crippen LogP contribution in [0.2, 0.25) is 0 Å². The SMILES string of the molecule is C=C/C=C\C(C(=O)O)=C(/C)N/N=C\c1ccccc1. The molecule has 0 heterocycles. The maximum absolute atomic E-state index is 11.0. The van der Waals surface area contributed by atoms with Gasteiger partial charge in [-0.15, -0.1) is 0 Å². The summed E-state index contributed by atoms with van der Waals surface area (Å²) in [5.74, 6) is -1.02. The molecule has 0 amide bonds. The van der Waals surface area contributed by atoms with Crippen molar-refractivity contribution >= 4 is 12.2 Å². The first kappa shape index (κ1) is 14.4. The molecule has 1 aromatic rings. The number of hydrazone groups is 1. The maximum atomic E-state index is 11.0. The smallest absolute Gasteiger partial charge is 0.337 e. The number of carboxylic acids is 1. The van der Waals surface area contributed by atoms with E-state index in [9.17, 15) is 4.79 Å². The molecule has 0 bridgehead atoms. The summed E-state index contributed by atoms with van der Waals surface area (Å²) in [5.41, 5.74) is 4.24. The zero-order valence-corrected chi connectivity index (χ0v) is 10.7. The molecule has 0 atom stereocenters. The number of hydrogen-bond acceptors (Lipinski definition) is 3. The van der Waals surface area contributed by atoms with Crippen LogP contribution in [0.1, 0.15) is 12.5 Å². The van der Waals surface area contributed by atoms with Crippen LogP contribution in [0.25, 0.3) is 0 Å². The summed E-state index contributed by atoms with van der Waals surface area (Å²) in [6.45, 7) is 5.15. The molecule has 4 nitrogen and oxygen atoms in total. The Kier molecular flexibility index (Phi) is 5.82. The van der Waals surface area contributed by atoms with Gasteiger partial charge in [-0.2, -0.15) is 5.10 Å². The summed E-state index contributed by atoms with van der Waals surface area (Å²) in [4.78, 5) is 11.0. The third-order valence-electron chi connectivity index (χ3n) is 2.28. The standard InChI is InChI=1S/C15H16N2O2/c1-3-4-10-14(15(18)19)12(2)17-16-11-13-8-6-5-7-9-13/h3-11,17H,1H2,2H3,(H,18,19)/b10-4-,14-12-,16-11-. The summed E-state index contributed by atoms with van der Waals surface area (Å²) in [6.07, 6.45) is 6.18. The Morgan fingerprint density at radius 1 is 1.37 bits per heavy atom. The van der Waals surface area contributed by atoms with E-state index in [1.165, 1.54) is 12.2 Å². The van der Waals surface area contributed by atoms with Crippen molar-refractivity contribution in [3.63, 3.8) is 0 Å². The summed E-state index contributed by atoms with van der Waals surface area (Å²) in [7, 11) is 0. The number of allylic oxidation sites excluding steroid dienone is 3. The zero-order valence-electron chi connectivity index (χ0n) is 10.7. The highest BCUT2D eigenvalue weighted by atomic mass is 16.4. The average molecular weight is 256 g/mol. The number of nitrogens with one attached hydrogen (secondary N) is 1. The minimum Gasteiger partial charge on any atom is -0.478 e. The average Bonchev–Trinajstić information content (AvgIpc) is 2.40. The molecule has 98 valence electrons. The van der Waals surface area contributed by atoms with E-state index in [1.54, 1.807) is 19.2 Å². The predicted octanol–water partition coefficient (Wildman–Crippen LogP) is 2.71. The van der Waals surface area contributed by atoms with Gasteiger partial charge in [0.25, 0.3) is 0 Å². The molecule has 0 aliphatic rings. The molecule has 0 aromatic heterocycles. The van der Waals surface area contributed by atoms with Crippen LogP contribution in [0, 0.1) is 0 Å². The quantitative estimate of drug-likeness (QED) is 0.356. The highest BCUT2D eigenvalue weighted by Gasteiger charge is 2.06. The van der Waals surface area contributed by atoms with Crippen molar-refractivity contribution in [3.8, 4) is 0 Å². The van der Waals surface area contributed by atoms with Gasteiger partial charge in [0.2, 0.25) is 0 Å². The zero-order chi connectivity index (χ0) is 14.1. The fraction of sp³-hybridized carbons (Fsp3) is 0.0667. The van der Waals surface area contributed by atoms with Crippen LogP contribution in [0.4, 0.5) is 0 Å². The van der Waals surface area contributed by atoms with Crippen LogP contribution in [0.15, 0.2) is 71.5 Å². The van der Waals surface area contributed by atoms with Crippen molar-refractivity contribution in [3.05, 3.63) is 72.0 Å². The van der Waals surface area contributed by atoms with E-state index in [0.717, 1.165) is 5.56 Å². The maximum Gasteiger partial charge on any atom is 0.337 e. The predicted molar refractivity (Wildman–Crippen MR) is 76.8 cm³/mol. The number of hydrogen-bond donors (Lipinski definition) is 2. The van der Waals surface area contributed by atoms with Crippen molar-refractivity contribution in [1.82, 2.24) is 5.43 Å². The lowest BCUT2D eigenvalue weighted by molar-refractivity contribution is -0.132. The van der Waals surface area contributed by atoms with Crippen molar-refractivity contribution in [2.75, 3.05) is 0 Å². The molecule has 1 rings (SSSR count). The van der Waals surface area contributed by atoms with Crippen LogP contribution >= 0.6 is 0 Å². The fourth-order valence-electron chi connectivity index (χ4n) is 1.32. The Morgan fingerprint density at radius 2 is 2.05 bits per heavy atom. The van der Waals surface area contributed by atoms with Gasteiger partial charge in [0.1, 0.15) is 0 Å². The second-order valence-corrected chi connectivity index (χ2v) is 3.72. The molecule has 0 fully saturated rings. The van der Waals surface area contributed by atoms with E-state index < -0.39 is 5.97 Å². The molecule has 0 aliphatic carbocycles. The molecule has 1 aromatic carbocycles. The van der Waals surface area contributed by atoms with Gasteiger partial charge >= 0.3 is 5.97 Å². The lowest BCUT2D eigenvalue weighted by Gasteiger charge is -2.03. The van der Waals surface area contributed by atoms with Gasteiger partial charge in [-0.3, -0.25) is 5.43 Å². The summed E-state index contributed by atoms with van der Waals surface area (Å²) < 4.78 is 0. The van der Waals surface area contributed by atoms with Crippen molar-refractivity contribution in [1.29, 1.82) is 0 Å². The number of aliphatic carboxylic acids is 1. The van der Waals surface area contributed by atoms with Gasteiger partial charge in [0.05, 0.1) is 11.8 Å². The monoisotopic (exact) mass is 256 g/mol. The molecule has 2 N–H and O–H groups in total. The van der Waals surface area contributed by atoms with Crippen LogP contribution in [0.3, 0.4) is 0 Å². The van der Waals surface area contributed by atoms with Gasteiger partial charge in [-0.25, -0.2) is 4.79 Å². The van der Waals surface area contributed by atoms with E-state index in [1.807, 2.05) is 30.3 Å². The van der Waals surface area contributed by atoms with Crippen LogP contribution < -0.4 is 5.43 Å². The normalized spacial score (nSPS) is 12.5. The highest BCUT2D eigenvalue weighted by Crippen LogP contribution is 2.04. The first-order valence-corrected chi connectivity index (χ1v) is 5.72. The molecule has 0 unspecified atom stereocenters. The van der Waals surface area contributed by atoms with Crippen molar-refractivity contribution in [2.24, 2.45) is 5.10 Å². The Labute approximate surface area is 112 Å². The van der Waals surface area contributed by atoms with Gasteiger partial charge < -0.3 is 5.11 Å². The summed E-state index contributed by atoms with van der Waals surface area (Å²) in [6, 6.07) is 9.53. The van der Waals surface area contributed by atoms with Crippen LogP contribution in [0.5, 0.6) is 0 Å². The second-order valence-electron chi connectivity index (χ2n) is 3.72. The molecular weight excluding hydrogens is 240 g/mol. The minimum atomic E-state index is -1.02. The molecule has 0 spiro atoms. The summed E-state index contributed by atoms with van der Waals surface area (Å²) >= 11 is 0. The molecule has 0 radical (unpaired) electrons. The van der Waals surface area contributed by atoms with Crippen LogP contribution in [-0.4, -0.2) is 17.3 Å². The lowest BCUT2D eigenvalue weighted by atomic mass is 10.2. The third-order valence-corrected chi connectivity index (χ3v) is 2.28. The van der Waals surface area contributed by atoms with E-state index in [4.69, 9.17) is 5.11 Å². The number of carboxylic acid groups (broad SMARTS) is 1. The van der Waals surface area contributed by atoms with Crippen LogP contribution in [-0.2, 0) is 4.79 Å². The number of nitrogens with zero attached hydrogens (tertiary/aromatic N) is 1. The number of carbonyl (C=O) groups is 1. The fourth-order valence-corrected chi connectivity index (χ4v) is 1.32. The van der Waals surface area contributed by atoms with E-state index >= 15 is 0 Å².